The minimum atomic E-state index is -1.13. The van der Waals surface area contributed by atoms with E-state index in [0.717, 1.165) is 30.2 Å². The Morgan fingerprint density at radius 1 is 1.29 bits per heavy atom. The van der Waals surface area contributed by atoms with Crippen LogP contribution in [0.2, 0.25) is 0 Å². The van der Waals surface area contributed by atoms with E-state index in [0.29, 0.717) is 24.2 Å². The number of hydrogen-bond donors (Lipinski definition) is 2. The van der Waals surface area contributed by atoms with Gasteiger partial charge in [-0.3, -0.25) is 4.79 Å². The van der Waals surface area contributed by atoms with Crippen LogP contribution in [-0.4, -0.2) is 29.6 Å². The Morgan fingerprint density at radius 2 is 2.04 bits per heavy atom. The lowest BCUT2D eigenvalue weighted by Gasteiger charge is -2.33. The van der Waals surface area contributed by atoms with Gasteiger partial charge in [0.15, 0.2) is 0 Å². The Labute approximate surface area is 139 Å². The summed E-state index contributed by atoms with van der Waals surface area (Å²) in [5, 5.41) is 13.1. The molecule has 1 aliphatic rings. The van der Waals surface area contributed by atoms with Crippen molar-refractivity contribution in [2.24, 2.45) is 0 Å². The molecule has 0 aliphatic heterocycles. The van der Waals surface area contributed by atoms with E-state index in [1.54, 1.807) is 19.2 Å². The summed E-state index contributed by atoms with van der Waals surface area (Å²) in [4.78, 5) is 24.1. The number of ether oxygens (including phenoxy) is 1. The van der Waals surface area contributed by atoms with Crippen LogP contribution in [0.3, 0.4) is 0 Å². The van der Waals surface area contributed by atoms with Gasteiger partial charge < -0.3 is 19.6 Å². The van der Waals surface area contributed by atoms with Gasteiger partial charge in [0.2, 0.25) is 5.91 Å². The van der Waals surface area contributed by atoms with E-state index in [1.165, 1.54) is 6.26 Å². The lowest BCUT2D eigenvalue weighted by molar-refractivity contribution is -0.149. The van der Waals surface area contributed by atoms with Crippen LogP contribution in [0.1, 0.15) is 37.7 Å². The Hall–Kier alpha value is -2.50. The third-order valence-electron chi connectivity index (χ3n) is 4.71. The topological polar surface area (TPSA) is 88.8 Å². The molecule has 0 bridgehead atoms. The number of amides is 1. The van der Waals surface area contributed by atoms with Crippen LogP contribution in [0, 0.1) is 0 Å². The molecule has 2 aromatic rings. The predicted molar refractivity (Wildman–Crippen MR) is 88.1 cm³/mol. The highest BCUT2D eigenvalue weighted by Gasteiger charge is 2.40. The van der Waals surface area contributed by atoms with Crippen LogP contribution in [0.15, 0.2) is 28.9 Å². The van der Waals surface area contributed by atoms with E-state index in [-0.39, 0.29) is 12.3 Å². The molecule has 1 aromatic carbocycles. The van der Waals surface area contributed by atoms with Crippen LogP contribution in [0.25, 0.3) is 11.0 Å². The first-order valence-corrected chi connectivity index (χ1v) is 8.12. The first-order valence-electron chi connectivity index (χ1n) is 8.12. The van der Waals surface area contributed by atoms with Gasteiger partial charge in [0.25, 0.3) is 0 Å². The third kappa shape index (κ3) is 3.09. The van der Waals surface area contributed by atoms with Gasteiger partial charge in [0, 0.05) is 17.0 Å². The summed E-state index contributed by atoms with van der Waals surface area (Å²) < 4.78 is 10.6. The molecule has 6 nitrogen and oxygen atoms in total. The number of hydrogen-bond acceptors (Lipinski definition) is 4. The molecule has 2 N–H and O–H groups in total. The van der Waals surface area contributed by atoms with Gasteiger partial charge in [0.1, 0.15) is 16.9 Å². The zero-order chi connectivity index (χ0) is 17.2. The number of benzene rings is 1. The fourth-order valence-corrected chi connectivity index (χ4v) is 3.36. The third-order valence-corrected chi connectivity index (χ3v) is 4.71. The van der Waals surface area contributed by atoms with E-state index in [1.807, 2.05) is 6.07 Å². The lowest BCUT2D eigenvalue weighted by atomic mass is 9.81. The van der Waals surface area contributed by atoms with Gasteiger partial charge in [0.05, 0.1) is 19.8 Å². The van der Waals surface area contributed by atoms with E-state index in [9.17, 15) is 14.7 Å². The molecule has 1 fully saturated rings. The van der Waals surface area contributed by atoms with Crippen LogP contribution in [0.5, 0.6) is 5.75 Å². The number of carbonyl (C=O) groups excluding carboxylic acids is 1. The van der Waals surface area contributed by atoms with Crippen LogP contribution in [0.4, 0.5) is 0 Å². The number of carbonyl (C=O) groups is 2. The molecule has 3 rings (SSSR count). The normalized spacial score (nSPS) is 16.7. The van der Waals surface area contributed by atoms with Crippen molar-refractivity contribution in [3.63, 3.8) is 0 Å². The molecule has 0 spiro atoms. The van der Waals surface area contributed by atoms with Crippen LogP contribution < -0.4 is 10.1 Å². The molecular formula is C18H21NO5. The van der Waals surface area contributed by atoms with Gasteiger partial charge in [-0.05, 0) is 25.0 Å². The summed E-state index contributed by atoms with van der Waals surface area (Å²) in [5.41, 5.74) is 0.252. The Bertz CT molecular complexity index is 758. The smallest absolute Gasteiger partial charge is 0.329 e. The zero-order valence-corrected chi connectivity index (χ0v) is 13.6. The molecule has 1 amide bonds. The van der Waals surface area contributed by atoms with Crippen LogP contribution >= 0.6 is 0 Å². The maximum absolute atomic E-state index is 12.4. The number of carboxylic acids is 1. The number of methoxy groups -OCH3 is 1. The molecule has 1 saturated carbocycles. The van der Waals surface area contributed by atoms with Crippen molar-refractivity contribution in [3.05, 3.63) is 30.0 Å². The first-order chi connectivity index (χ1) is 11.5. The number of nitrogens with one attached hydrogen (secondary N) is 1. The van der Waals surface area contributed by atoms with E-state index in [4.69, 9.17) is 9.15 Å². The fourth-order valence-electron chi connectivity index (χ4n) is 3.36. The van der Waals surface area contributed by atoms with Gasteiger partial charge in [-0.25, -0.2) is 4.79 Å². The second-order valence-electron chi connectivity index (χ2n) is 6.30. The molecule has 0 saturated heterocycles. The summed E-state index contributed by atoms with van der Waals surface area (Å²) in [5.74, 6) is -0.560. The quantitative estimate of drug-likeness (QED) is 0.879. The minimum absolute atomic E-state index is 0.0916. The van der Waals surface area contributed by atoms with Crippen molar-refractivity contribution >= 4 is 22.8 Å². The molecule has 0 radical (unpaired) electrons. The largest absolute Gasteiger partial charge is 0.497 e. The second kappa shape index (κ2) is 6.55. The molecule has 1 aliphatic carbocycles. The number of aliphatic carboxylic acids is 1. The number of furan rings is 1. The van der Waals surface area contributed by atoms with Crippen molar-refractivity contribution in [2.45, 2.75) is 44.1 Å². The van der Waals surface area contributed by atoms with Crippen LogP contribution in [-0.2, 0) is 16.0 Å². The van der Waals surface area contributed by atoms with Gasteiger partial charge in [-0.2, -0.15) is 0 Å². The molecule has 128 valence electrons. The highest BCUT2D eigenvalue weighted by atomic mass is 16.5. The summed E-state index contributed by atoms with van der Waals surface area (Å²) in [6.07, 6.45) is 5.25. The summed E-state index contributed by atoms with van der Waals surface area (Å²) in [7, 11) is 1.58. The van der Waals surface area contributed by atoms with E-state index < -0.39 is 11.5 Å². The molecule has 24 heavy (non-hydrogen) atoms. The van der Waals surface area contributed by atoms with Crippen molar-refractivity contribution < 1.29 is 23.8 Å². The SMILES string of the molecule is COc1ccc2c(CC(=O)NC3(C(=O)O)CCCCC3)coc2c1. The average Bonchev–Trinajstić information content (AvgIpc) is 2.97. The van der Waals surface area contributed by atoms with E-state index >= 15 is 0 Å². The maximum atomic E-state index is 12.4. The van der Waals surface area contributed by atoms with Crippen molar-refractivity contribution in [2.75, 3.05) is 7.11 Å². The lowest BCUT2D eigenvalue weighted by Crippen LogP contribution is -2.55. The molecule has 1 heterocycles. The molecule has 6 heteroatoms. The van der Waals surface area contributed by atoms with Gasteiger partial charge in [-0.15, -0.1) is 0 Å². The predicted octanol–water partition coefficient (Wildman–Crippen LogP) is 2.89. The molecule has 0 unspecified atom stereocenters. The van der Waals surface area contributed by atoms with Gasteiger partial charge >= 0.3 is 5.97 Å². The number of fused-ring (bicyclic) bond motifs is 1. The fraction of sp³-hybridized carbons (Fsp3) is 0.444. The Balaban J connectivity index is 1.76. The highest BCUT2D eigenvalue weighted by Crippen LogP contribution is 2.29. The maximum Gasteiger partial charge on any atom is 0.329 e. The summed E-state index contributed by atoms with van der Waals surface area (Å²) in [6, 6.07) is 5.41. The standard InChI is InChI=1S/C18H21NO5/c1-23-13-5-6-14-12(11-24-15(14)10-13)9-16(20)19-18(17(21)22)7-3-2-4-8-18/h5-6,10-11H,2-4,7-9H2,1H3,(H,19,20)(H,21,22). The highest BCUT2D eigenvalue weighted by molar-refractivity contribution is 5.91. The van der Waals surface area contributed by atoms with Gasteiger partial charge in [-0.1, -0.05) is 19.3 Å². The summed E-state index contributed by atoms with van der Waals surface area (Å²) in [6.45, 7) is 0. The van der Waals surface area contributed by atoms with Crippen molar-refractivity contribution in [3.8, 4) is 5.75 Å². The molecule has 0 atom stereocenters. The number of rotatable bonds is 5. The zero-order valence-electron chi connectivity index (χ0n) is 13.6. The Morgan fingerprint density at radius 3 is 2.71 bits per heavy atom. The van der Waals surface area contributed by atoms with E-state index in [2.05, 4.69) is 5.32 Å². The summed E-state index contributed by atoms with van der Waals surface area (Å²) >= 11 is 0. The monoisotopic (exact) mass is 331 g/mol. The molecular weight excluding hydrogens is 310 g/mol. The average molecular weight is 331 g/mol. The van der Waals surface area contributed by atoms with Crippen molar-refractivity contribution in [1.82, 2.24) is 5.32 Å². The molecule has 1 aromatic heterocycles. The number of carboxylic acid groups (broad SMARTS) is 1. The Kier molecular flexibility index (Phi) is 4.46. The first kappa shape index (κ1) is 16.4. The minimum Gasteiger partial charge on any atom is -0.497 e. The van der Waals surface area contributed by atoms with Crippen molar-refractivity contribution in [1.29, 1.82) is 0 Å². The second-order valence-corrected chi connectivity index (χ2v) is 6.30.